The van der Waals surface area contributed by atoms with Crippen LogP contribution in [0.15, 0.2) is 24.4 Å². The van der Waals surface area contributed by atoms with Gasteiger partial charge < -0.3 is 14.9 Å². The van der Waals surface area contributed by atoms with Crippen LogP contribution in [-0.2, 0) is 11.3 Å². The molecule has 0 fully saturated rings. The van der Waals surface area contributed by atoms with Crippen LogP contribution in [-0.4, -0.2) is 33.1 Å². The normalized spacial score (nSPS) is 10.6. The Bertz CT molecular complexity index is 619. The molecule has 2 N–H and O–H groups in total. The standard InChI is InChI=1S/C13H14N2O4/c1-8-5-9(16)3-4-11(8)15-12(7-19-2)10(6-14-15)13(17)18/h3-6,16H,7H2,1-2H3,(H,17,18). The number of benzene rings is 1. The van der Waals surface area contributed by atoms with Gasteiger partial charge in [-0.1, -0.05) is 0 Å². The van der Waals surface area contributed by atoms with Crippen LogP contribution < -0.4 is 0 Å². The molecule has 100 valence electrons. The molecule has 0 atom stereocenters. The molecule has 1 aromatic carbocycles. The van der Waals surface area contributed by atoms with E-state index in [-0.39, 0.29) is 17.9 Å². The molecule has 1 aromatic heterocycles. The van der Waals surface area contributed by atoms with Crippen LogP contribution in [0.4, 0.5) is 0 Å². The molecule has 0 aliphatic rings. The number of methoxy groups -OCH3 is 1. The highest BCUT2D eigenvalue weighted by Gasteiger charge is 2.18. The first-order valence-electron chi connectivity index (χ1n) is 5.63. The van der Waals surface area contributed by atoms with E-state index >= 15 is 0 Å². The predicted molar refractivity (Wildman–Crippen MR) is 67.6 cm³/mol. The second kappa shape index (κ2) is 5.11. The van der Waals surface area contributed by atoms with Crippen LogP contribution in [0.5, 0.6) is 5.75 Å². The molecule has 0 radical (unpaired) electrons. The van der Waals surface area contributed by atoms with E-state index in [1.54, 1.807) is 12.1 Å². The maximum Gasteiger partial charge on any atom is 0.339 e. The molecule has 1 heterocycles. The Kier molecular flexibility index (Phi) is 3.52. The Balaban J connectivity index is 2.58. The van der Waals surface area contributed by atoms with Crippen LogP contribution in [0.25, 0.3) is 5.69 Å². The molecule has 0 saturated carbocycles. The summed E-state index contributed by atoms with van der Waals surface area (Å²) in [5.41, 5.74) is 2.06. The lowest BCUT2D eigenvalue weighted by molar-refractivity contribution is 0.0691. The van der Waals surface area contributed by atoms with Crippen molar-refractivity contribution in [3.05, 3.63) is 41.2 Å². The summed E-state index contributed by atoms with van der Waals surface area (Å²) in [4.78, 5) is 11.1. The summed E-state index contributed by atoms with van der Waals surface area (Å²) >= 11 is 0. The van der Waals surface area contributed by atoms with Crippen molar-refractivity contribution < 1.29 is 19.7 Å². The Morgan fingerprint density at radius 3 is 2.79 bits per heavy atom. The van der Waals surface area contributed by atoms with Gasteiger partial charge in [0, 0.05) is 7.11 Å². The van der Waals surface area contributed by atoms with Gasteiger partial charge in [0.25, 0.3) is 0 Å². The van der Waals surface area contributed by atoms with Gasteiger partial charge in [-0.3, -0.25) is 0 Å². The van der Waals surface area contributed by atoms with Crippen molar-refractivity contribution in [3.8, 4) is 11.4 Å². The number of rotatable bonds is 4. The maximum atomic E-state index is 11.1. The first-order valence-corrected chi connectivity index (χ1v) is 5.63. The number of hydrogen-bond acceptors (Lipinski definition) is 4. The molecular weight excluding hydrogens is 248 g/mol. The molecule has 2 aromatic rings. The number of carboxylic acids is 1. The Morgan fingerprint density at radius 1 is 1.47 bits per heavy atom. The molecule has 0 amide bonds. The van der Waals surface area contributed by atoms with Crippen molar-refractivity contribution in [2.75, 3.05) is 7.11 Å². The zero-order valence-electron chi connectivity index (χ0n) is 10.6. The molecule has 0 saturated heterocycles. The smallest absolute Gasteiger partial charge is 0.339 e. The fraction of sp³-hybridized carbons (Fsp3) is 0.231. The summed E-state index contributed by atoms with van der Waals surface area (Å²) in [5, 5.41) is 22.6. The van der Waals surface area contributed by atoms with Gasteiger partial charge in [0.2, 0.25) is 0 Å². The summed E-state index contributed by atoms with van der Waals surface area (Å²) in [5.74, 6) is -0.894. The molecular formula is C13H14N2O4. The highest BCUT2D eigenvalue weighted by molar-refractivity contribution is 5.88. The van der Waals surface area contributed by atoms with Crippen molar-refractivity contribution in [3.63, 3.8) is 0 Å². The second-order valence-corrected chi connectivity index (χ2v) is 4.13. The average Bonchev–Trinajstić information content (AvgIpc) is 2.73. The zero-order chi connectivity index (χ0) is 14.0. The number of phenols is 1. The quantitative estimate of drug-likeness (QED) is 0.876. The second-order valence-electron chi connectivity index (χ2n) is 4.13. The monoisotopic (exact) mass is 262 g/mol. The highest BCUT2D eigenvalue weighted by Crippen LogP contribution is 2.22. The fourth-order valence-corrected chi connectivity index (χ4v) is 1.91. The van der Waals surface area contributed by atoms with Crippen molar-refractivity contribution in [1.29, 1.82) is 0 Å². The van der Waals surface area contributed by atoms with Crippen molar-refractivity contribution in [2.24, 2.45) is 0 Å². The Labute approximate surface area is 109 Å². The summed E-state index contributed by atoms with van der Waals surface area (Å²) in [7, 11) is 1.49. The summed E-state index contributed by atoms with van der Waals surface area (Å²) in [6.07, 6.45) is 1.29. The SMILES string of the molecule is COCc1c(C(=O)O)cnn1-c1ccc(O)cc1C. The molecule has 0 unspecified atom stereocenters. The van der Waals surface area contributed by atoms with Crippen LogP contribution in [0.1, 0.15) is 21.6 Å². The molecule has 0 aliphatic heterocycles. The van der Waals surface area contributed by atoms with E-state index in [0.29, 0.717) is 11.4 Å². The summed E-state index contributed by atoms with van der Waals surface area (Å²) in [6.45, 7) is 1.95. The lowest BCUT2D eigenvalue weighted by Crippen LogP contribution is -2.08. The third-order valence-electron chi connectivity index (χ3n) is 2.79. The van der Waals surface area contributed by atoms with E-state index in [4.69, 9.17) is 9.84 Å². The predicted octanol–water partition coefficient (Wildman–Crippen LogP) is 1.73. The fourth-order valence-electron chi connectivity index (χ4n) is 1.91. The van der Waals surface area contributed by atoms with Gasteiger partial charge in [-0.2, -0.15) is 5.10 Å². The Morgan fingerprint density at radius 2 is 2.21 bits per heavy atom. The number of hydrogen-bond donors (Lipinski definition) is 2. The van der Waals surface area contributed by atoms with Crippen LogP contribution in [0.2, 0.25) is 0 Å². The van der Waals surface area contributed by atoms with Crippen molar-refractivity contribution in [2.45, 2.75) is 13.5 Å². The van der Waals surface area contributed by atoms with Gasteiger partial charge in [0.15, 0.2) is 0 Å². The minimum atomic E-state index is -1.05. The molecule has 19 heavy (non-hydrogen) atoms. The third-order valence-corrected chi connectivity index (χ3v) is 2.79. The highest BCUT2D eigenvalue weighted by atomic mass is 16.5. The van der Waals surface area contributed by atoms with E-state index < -0.39 is 5.97 Å². The third kappa shape index (κ3) is 2.43. The number of aromatic carboxylic acids is 1. The molecule has 6 nitrogen and oxygen atoms in total. The molecule has 6 heteroatoms. The van der Waals surface area contributed by atoms with Crippen molar-refractivity contribution >= 4 is 5.97 Å². The minimum absolute atomic E-state index is 0.106. The summed E-state index contributed by atoms with van der Waals surface area (Å²) < 4.78 is 6.54. The Hall–Kier alpha value is -2.34. The van der Waals surface area contributed by atoms with E-state index in [2.05, 4.69) is 5.10 Å². The number of carboxylic acid groups (broad SMARTS) is 1. The van der Waals surface area contributed by atoms with Crippen LogP contribution >= 0.6 is 0 Å². The van der Waals surface area contributed by atoms with E-state index in [1.807, 2.05) is 6.92 Å². The van der Waals surface area contributed by atoms with Gasteiger partial charge in [-0.15, -0.1) is 0 Å². The van der Waals surface area contributed by atoms with E-state index in [0.717, 1.165) is 5.56 Å². The van der Waals surface area contributed by atoms with Gasteiger partial charge in [-0.25, -0.2) is 9.48 Å². The molecule has 0 bridgehead atoms. The average molecular weight is 262 g/mol. The zero-order valence-corrected chi connectivity index (χ0v) is 10.6. The summed E-state index contributed by atoms with van der Waals surface area (Å²) in [6, 6.07) is 4.80. The number of aromatic hydroxyl groups is 1. The van der Waals surface area contributed by atoms with Gasteiger partial charge >= 0.3 is 5.97 Å². The van der Waals surface area contributed by atoms with Crippen LogP contribution in [0, 0.1) is 6.92 Å². The lowest BCUT2D eigenvalue weighted by atomic mass is 10.2. The van der Waals surface area contributed by atoms with E-state index in [9.17, 15) is 9.90 Å². The van der Waals surface area contributed by atoms with E-state index in [1.165, 1.54) is 24.1 Å². The lowest BCUT2D eigenvalue weighted by Gasteiger charge is -2.10. The minimum Gasteiger partial charge on any atom is -0.508 e. The molecule has 0 spiro atoms. The first-order chi connectivity index (χ1) is 9.04. The number of phenolic OH excluding ortho intramolecular Hbond substituents is 1. The topological polar surface area (TPSA) is 84.6 Å². The van der Waals surface area contributed by atoms with Gasteiger partial charge in [0.1, 0.15) is 11.3 Å². The first kappa shape index (κ1) is 13.1. The molecule has 0 aliphatic carbocycles. The largest absolute Gasteiger partial charge is 0.508 e. The number of nitrogens with zero attached hydrogens (tertiary/aromatic N) is 2. The van der Waals surface area contributed by atoms with Gasteiger partial charge in [0.05, 0.1) is 24.2 Å². The van der Waals surface area contributed by atoms with Crippen LogP contribution in [0.3, 0.4) is 0 Å². The van der Waals surface area contributed by atoms with Gasteiger partial charge in [-0.05, 0) is 30.7 Å². The molecule has 2 rings (SSSR count). The number of aromatic nitrogens is 2. The maximum absolute atomic E-state index is 11.1. The number of ether oxygens (including phenoxy) is 1. The van der Waals surface area contributed by atoms with Crippen molar-refractivity contribution in [1.82, 2.24) is 9.78 Å². The number of aryl methyl sites for hydroxylation is 1. The number of carbonyl (C=O) groups is 1.